The molecular weight excluding hydrogens is 461 g/mol. The molecule has 0 heterocycles. The first-order valence-electron chi connectivity index (χ1n) is 5.86. The third-order valence-corrected chi connectivity index (χ3v) is 8.92. The van der Waals surface area contributed by atoms with Crippen LogP contribution < -0.4 is 0 Å². The zero-order valence-electron chi connectivity index (χ0n) is 11.5. The summed E-state index contributed by atoms with van der Waals surface area (Å²) in [6.45, 7) is 0. The highest BCUT2D eigenvalue weighted by molar-refractivity contribution is 9.09. The van der Waals surface area contributed by atoms with Gasteiger partial charge >= 0.3 is 0 Å². The van der Waals surface area contributed by atoms with Gasteiger partial charge in [0, 0.05) is 0 Å². The molecule has 0 bridgehead atoms. The van der Waals surface area contributed by atoms with Crippen LogP contribution in [0, 0.1) is 58.2 Å². The van der Waals surface area contributed by atoms with E-state index in [-0.39, 0.29) is 22.8 Å². The molecule has 0 aliphatic rings. The van der Waals surface area contributed by atoms with Crippen LogP contribution in [-0.4, -0.2) is 0 Å². The first-order chi connectivity index (χ1) is 12.0. The smallest absolute Gasteiger partial charge is 0.200 e. The van der Waals surface area contributed by atoms with Crippen LogP contribution in [0.1, 0.15) is 0 Å². The van der Waals surface area contributed by atoms with E-state index in [9.17, 15) is 43.9 Å². The molecule has 0 aromatic heterocycles. The highest BCUT2D eigenvalue weighted by Crippen LogP contribution is 2.70. The first-order valence-corrected chi connectivity index (χ1v) is 11.2. The Hall–Kier alpha value is -0.780. The average Bonchev–Trinajstić information content (AvgIpc) is 2.62. The van der Waals surface area contributed by atoms with E-state index in [0.717, 1.165) is 0 Å². The summed E-state index contributed by atoms with van der Waals surface area (Å²) in [6, 6.07) is 0. The number of hydrogen-bond acceptors (Lipinski definition) is 3. The molecule has 14 heteroatoms. The summed E-state index contributed by atoms with van der Waals surface area (Å²) >= 11 is 3.45. The molecule has 0 unspecified atom stereocenters. The van der Waals surface area contributed by atoms with E-state index in [1.807, 2.05) is 0 Å². The van der Waals surface area contributed by atoms with Gasteiger partial charge in [-0.1, -0.05) is 22.8 Å². The van der Waals surface area contributed by atoms with Crippen LogP contribution in [0.25, 0.3) is 0 Å². The molecule has 0 aliphatic heterocycles. The van der Waals surface area contributed by atoms with Gasteiger partial charge in [0.05, 0.1) is 15.3 Å². The third-order valence-electron chi connectivity index (χ3n) is 2.68. The van der Waals surface area contributed by atoms with Crippen molar-refractivity contribution in [1.29, 1.82) is 0 Å². The van der Waals surface area contributed by atoms with Gasteiger partial charge in [-0.25, -0.2) is 43.9 Å². The minimum Gasteiger partial charge on any atom is -0.202 e. The molecule has 2 aromatic rings. The lowest BCUT2D eigenvalue weighted by Gasteiger charge is -2.14. The molecule has 0 fully saturated rings. The summed E-state index contributed by atoms with van der Waals surface area (Å²) in [5.41, 5.74) is -2.41. The van der Waals surface area contributed by atoms with E-state index in [4.69, 9.17) is 0 Å². The van der Waals surface area contributed by atoms with Crippen LogP contribution in [0.15, 0.2) is 9.79 Å². The Morgan fingerprint density at radius 1 is 0.423 bits per heavy atom. The molecule has 2 aromatic carbocycles. The molecule has 0 saturated heterocycles. The topological polar surface area (TPSA) is 0 Å². The Morgan fingerprint density at radius 2 is 0.615 bits per heavy atom. The molecule has 0 aliphatic carbocycles. The monoisotopic (exact) mass is 462 g/mol. The van der Waals surface area contributed by atoms with Crippen molar-refractivity contribution in [3.8, 4) is 0 Å². The van der Waals surface area contributed by atoms with Crippen molar-refractivity contribution in [3.05, 3.63) is 58.2 Å². The second-order valence-corrected chi connectivity index (χ2v) is 12.7. The normalized spacial score (nSPS) is 11.5. The number of rotatable bonds is 4. The van der Waals surface area contributed by atoms with Crippen molar-refractivity contribution in [2.24, 2.45) is 0 Å². The van der Waals surface area contributed by atoms with Crippen molar-refractivity contribution in [3.63, 3.8) is 0 Å². The van der Waals surface area contributed by atoms with Gasteiger partial charge in [-0.05, 0) is 0 Å². The van der Waals surface area contributed by atoms with Crippen molar-refractivity contribution in [2.75, 3.05) is 0 Å². The lowest BCUT2D eigenvalue weighted by molar-refractivity contribution is 0.361. The molecule has 142 valence electrons. The van der Waals surface area contributed by atoms with Gasteiger partial charge in [0.2, 0.25) is 11.6 Å². The Bertz CT molecular complexity index is 761. The van der Waals surface area contributed by atoms with Gasteiger partial charge in [-0.2, -0.15) is 0 Å². The SMILES string of the molecule is Fc1c(F)c(F)c(SP(S)Sc2c(F)c(F)c(F)c(F)c2F)c(F)c1F. The fourth-order valence-electron chi connectivity index (χ4n) is 1.50. The van der Waals surface area contributed by atoms with E-state index in [1.54, 1.807) is 0 Å². The second kappa shape index (κ2) is 8.07. The minimum atomic E-state index is -2.42. The maximum atomic E-state index is 13.5. The molecule has 0 amide bonds. The molecule has 0 N–H and O–H groups in total. The molecular formula is C12HF10PS3. The molecule has 0 atom stereocenters. The summed E-state index contributed by atoms with van der Waals surface area (Å²) in [5.74, 6) is -22.7. The van der Waals surface area contributed by atoms with Crippen LogP contribution in [0.3, 0.4) is 0 Å². The average molecular weight is 462 g/mol. The van der Waals surface area contributed by atoms with E-state index >= 15 is 0 Å². The lowest BCUT2D eigenvalue weighted by atomic mass is 10.3. The predicted octanol–water partition coefficient (Wildman–Crippen LogP) is 7.12. The Labute approximate surface area is 152 Å². The number of halogens is 10. The van der Waals surface area contributed by atoms with Crippen LogP contribution >= 0.6 is 40.5 Å². The molecule has 0 nitrogen and oxygen atoms in total. The Morgan fingerprint density at radius 3 is 0.846 bits per heavy atom. The third kappa shape index (κ3) is 3.76. The van der Waals surface area contributed by atoms with E-state index in [1.165, 1.54) is 0 Å². The number of thiol groups is 1. The molecule has 0 radical (unpaired) electrons. The maximum Gasteiger partial charge on any atom is 0.200 e. The van der Waals surface area contributed by atoms with Crippen molar-refractivity contribution in [1.82, 2.24) is 0 Å². The summed E-state index contributed by atoms with van der Waals surface area (Å²) < 4.78 is 132. The van der Waals surface area contributed by atoms with Crippen LogP contribution in [0.2, 0.25) is 0 Å². The Kier molecular flexibility index (Phi) is 6.68. The first kappa shape index (κ1) is 21.5. The van der Waals surface area contributed by atoms with Gasteiger partial charge in [0.25, 0.3) is 0 Å². The summed E-state index contributed by atoms with van der Waals surface area (Å²) in [5, 5.41) is 0. The second-order valence-electron chi connectivity index (χ2n) is 4.22. The predicted molar refractivity (Wildman–Crippen MR) is 80.1 cm³/mol. The van der Waals surface area contributed by atoms with Crippen molar-refractivity contribution < 1.29 is 43.9 Å². The highest BCUT2D eigenvalue weighted by atomic mass is 33.4. The molecule has 2 rings (SSSR count). The van der Waals surface area contributed by atoms with Crippen LogP contribution in [-0.2, 0) is 0 Å². The fourth-order valence-corrected chi connectivity index (χ4v) is 7.69. The quantitative estimate of drug-likeness (QED) is 0.169. The van der Waals surface area contributed by atoms with E-state index in [0.29, 0.717) is 0 Å². The van der Waals surface area contributed by atoms with E-state index < -0.39 is 73.5 Å². The lowest BCUT2D eigenvalue weighted by Crippen LogP contribution is -2.03. The van der Waals surface area contributed by atoms with E-state index in [2.05, 4.69) is 12.2 Å². The van der Waals surface area contributed by atoms with Crippen molar-refractivity contribution >= 4 is 40.5 Å². The molecule has 0 saturated carbocycles. The van der Waals surface area contributed by atoms with Gasteiger partial charge in [-0.15, -0.1) is 12.2 Å². The van der Waals surface area contributed by atoms with Crippen LogP contribution in [0.5, 0.6) is 0 Å². The fraction of sp³-hybridized carbons (Fsp3) is 0. The summed E-state index contributed by atoms with van der Waals surface area (Å²) in [6.07, 6.45) is 0. The number of benzene rings is 2. The van der Waals surface area contributed by atoms with Gasteiger partial charge in [-0.3, -0.25) is 0 Å². The summed E-state index contributed by atoms with van der Waals surface area (Å²) in [4.78, 5) is -2.81. The maximum absolute atomic E-state index is 13.5. The standard InChI is InChI=1S/C12HF10PS3/c13-1-3(15)7(19)11(8(20)4(1)16)25-23(24)26-12-9(21)5(17)2(14)6(18)10(12)22/h24H. The molecule has 26 heavy (non-hydrogen) atoms. The molecule has 0 spiro atoms. The highest BCUT2D eigenvalue weighted by Gasteiger charge is 2.31. The van der Waals surface area contributed by atoms with Crippen LogP contribution in [0.4, 0.5) is 43.9 Å². The van der Waals surface area contributed by atoms with Crippen molar-refractivity contribution in [2.45, 2.75) is 9.79 Å². The summed E-state index contributed by atoms with van der Waals surface area (Å²) in [7, 11) is 0. The zero-order valence-corrected chi connectivity index (χ0v) is 14.9. The minimum absolute atomic E-state index is 0.115. The van der Waals surface area contributed by atoms with Gasteiger partial charge in [0.1, 0.15) is 0 Å². The zero-order chi connectivity index (χ0) is 19.9. The number of hydrogen-bond donors (Lipinski definition) is 1. The largest absolute Gasteiger partial charge is 0.202 e. The van der Waals surface area contributed by atoms with Gasteiger partial charge in [0.15, 0.2) is 46.5 Å². The van der Waals surface area contributed by atoms with Gasteiger partial charge < -0.3 is 0 Å². The Balaban J connectivity index is 2.39.